The van der Waals surface area contributed by atoms with E-state index >= 15 is 0 Å². The molecule has 0 saturated heterocycles. The van der Waals surface area contributed by atoms with E-state index in [9.17, 15) is 0 Å². The molecule has 1 rings (SSSR count). The van der Waals surface area contributed by atoms with Crippen molar-refractivity contribution in [2.24, 2.45) is 5.92 Å². The Morgan fingerprint density at radius 1 is 1.05 bits per heavy atom. The summed E-state index contributed by atoms with van der Waals surface area (Å²) in [5.74, 6) is 0.714. The smallest absolute Gasteiger partial charge is 0.0475 e. The van der Waals surface area contributed by atoms with Crippen molar-refractivity contribution in [3.05, 3.63) is 35.9 Å². The van der Waals surface area contributed by atoms with Crippen LogP contribution in [0, 0.1) is 5.92 Å². The summed E-state index contributed by atoms with van der Waals surface area (Å²) in [6.45, 7) is 6.15. The van der Waals surface area contributed by atoms with Crippen molar-refractivity contribution in [1.29, 1.82) is 0 Å². The molecule has 0 bridgehead atoms. The lowest BCUT2D eigenvalue weighted by molar-refractivity contribution is 0.110. The first-order chi connectivity index (χ1) is 9.14. The van der Waals surface area contributed by atoms with Gasteiger partial charge in [-0.3, -0.25) is 0 Å². The molecule has 0 saturated carbocycles. The number of hydrogen-bond donors (Lipinski definition) is 0. The summed E-state index contributed by atoms with van der Waals surface area (Å²) in [5, 5.41) is 1.89. The maximum atomic E-state index is 5.78. The first-order valence-electron chi connectivity index (χ1n) is 6.90. The quantitative estimate of drug-likeness (QED) is 0.417. The summed E-state index contributed by atoms with van der Waals surface area (Å²) < 4.78 is 5.78. The third kappa shape index (κ3) is 5.57. The molecular formula is C16H24Br2O. The maximum absolute atomic E-state index is 5.78. The minimum absolute atomic E-state index is 0.124. The predicted molar refractivity (Wildman–Crippen MR) is 90.6 cm³/mol. The van der Waals surface area contributed by atoms with Gasteiger partial charge >= 0.3 is 0 Å². The summed E-state index contributed by atoms with van der Waals surface area (Å²) in [5.41, 5.74) is 1.50. The molecule has 19 heavy (non-hydrogen) atoms. The first kappa shape index (κ1) is 17.2. The summed E-state index contributed by atoms with van der Waals surface area (Å²) in [4.78, 5) is 0. The summed E-state index contributed by atoms with van der Waals surface area (Å²) in [6, 6.07) is 10.7. The number of alkyl halides is 2. The molecule has 0 spiro atoms. The lowest BCUT2D eigenvalue weighted by atomic mass is 9.82. The van der Waals surface area contributed by atoms with Crippen molar-refractivity contribution in [2.75, 3.05) is 23.9 Å². The average molecular weight is 392 g/mol. The zero-order valence-corrected chi connectivity index (χ0v) is 15.0. The van der Waals surface area contributed by atoms with Crippen LogP contribution in [0.3, 0.4) is 0 Å². The van der Waals surface area contributed by atoms with E-state index in [1.165, 1.54) is 5.56 Å². The maximum Gasteiger partial charge on any atom is 0.0475 e. The Morgan fingerprint density at radius 3 is 2.21 bits per heavy atom. The standard InChI is InChI=1S/C16H24Br2O/c1-14(2)8-10-19-11-9-16(12-17,13-18)15-6-4-3-5-7-15/h3-7,14H,8-13H2,1-2H3. The summed E-state index contributed by atoms with van der Waals surface area (Å²) in [6.07, 6.45) is 2.17. The van der Waals surface area contributed by atoms with Crippen LogP contribution in [0.15, 0.2) is 30.3 Å². The minimum atomic E-state index is 0.124. The van der Waals surface area contributed by atoms with Crippen molar-refractivity contribution in [2.45, 2.75) is 32.1 Å². The van der Waals surface area contributed by atoms with Gasteiger partial charge in [0.05, 0.1) is 0 Å². The molecule has 0 radical (unpaired) electrons. The fraction of sp³-hybridized carbons (Fsp3) is 0.625. The highest BCUT2D eigenvalue weighted by molar-refractivity contribution is 9.09. The zero-order chi connectivity index (χ0) is 14.1. The second-order valence-corrected chi connectivity index (χ2v) is 6.58. The molecule has 1 aromatic carbocycles. The van der Waals surface area contributed by atoms with E-state index in [1.54, 1.807) is 0 Å². The van der Waals surface area contributed by atoms with Gasteiger partial charge in [-0.25, -0.2) is 0 Å². The molecule has 1 nitrogen and oxygen atoms in total. The van der Waals surface area contributed by atoms with E-state index in [0.717, 1.165) is 36.7 Å². The van der Waals surface area contributed by atoms with Gasteiger partial charge in [0.15, 0.2) is 0 Å². The van der Waals surface area contributed by atoms with Gasteiger partial charge in [-0.2, -0.15) is 0 Å². The monoisotopic (exact) mass is 390 g/mol. The van der Waals surface area contributed by atoms with Crippen molar-refractivity contribution >= 4 is 31.9 Å². The minimum Gasteiger partial charge on any atom is -0.381 e. The van der Waals surface area contributed by atoms with Crippen molar-refractivity contribution in [3.8, 4) is 0 Å². The largest absolute Gasteiger partial charge is 0.381 e. The Hall–Kier alpha value is 0.140. The van der Waals surface area contributed by atoms with Crippen LogP contribution in [-0.4, -0.2) is 23.9 Å². The highest BCUT2D eigenvalue weighted by atomic mass is 79.9. The molecule has 0 amide bonds. The van der Waals surface area contributed by atoms with Gasteiger partial charge in [0.1, 0.15) is 0 Å². The summed E-state index contributed by atoms with van der Waals surface area (Å²) >= 11 is 7.35. The van der Waals surface area contributed by atoms with Gasteiger partial charge in [0, 0.05) is 29.3 Å². The third-order valence-corrected chi connectivity index (χ3v) is 5.61. The highest BCUT2D eigenvalue weighted by Gasteiger charge is 2.29. The number of halogens is 2. The van der Waals surface area contributed by atoms with Gasteiger partial charge < -0.3 is 4.74 Å². The van der Waals surface area contributed by atoms with E-state index in [-0.39, 0.29) is 5.41 Å². The molecule has 0 N–H and O–H groups in total. The molecule has 1 aromatic rings. The molecule has 0 aliphatic heterocycles. The molecule has 0 atom stereocenters. The van der Waals surface area contributed by atoms with Gasteiger partial charge in [-0.1, -0.05) is 76.0 Å². The average Bonchev–Trinajstić information content (AvgIpc) is 2.44. The van der Waals surface area contributed by atoms with Crippen LogP contribution in [0.25, 0.3) is 0 Å². The Morgan fingerprint density at radius 2 is 1.68 bits per heavy atom. The Bertz CT molecular complexity index is 334. The fourth-order valence-electron chi connectivity index (χ4n) is 1.95. The van der Waals surface area contributed by atoms with Gasteiger partial charge in [-0.05, 0) is 24.3 Å². The number of ether oxygens (including phenoxy) is 1. The molecule has 0 aliphatic carbocycles. The van der Waals surface area contributed by atoms with Crippen LogP contribution in [0.2, 0.25) is 0 Å². The van der Waals surface area contributed by atoms with E-state index in [2.05, 4.69) is 76.0 Å². The van der Waals surface area contributed by atoms with Gasteiger partial charge in [0.2, 0.25) is 0 Å². The lowest BCUT2D eigenvalue weighted by Crippen LogP contribution is -2.31. The second-order valence-electron chi connectivity index (χ2n) is 5.46. The van der Waals surface area contributed by atoms with Gasteiger partial charge in [-0.15, -0.1) is 0 Å². The highest BCUT2D eigenvalue weighted by Crippen LogP contribution is 2.32. The zero-order valence-electron chi connectivity index (χ0n) is 11.9. The first-order valence-corrected chi connectivity index (χ1v) is 9.14. The lowest BCUT2D eigenvalue weighted by Gasteiger charge is -2.30. The molecule has 0 unspecified atom stereocenters. The van der Waals surface area contributed by atoms with E-state index in [1.807, 2.05) is 0 Å². The van der Waals surface area contributed by atoms with E-state index in [0.29, 0.717) is 5.92 Å². The molecule has 0 aliphatic rings. The van der Waals surface area contributed by atoms with Crippen LogP contribution in [0.5, 0.6) is 0 Å². The number of hydrogen-bond acceptors (Lipinski definition) is 1. The normalized spacial score (nSPS) is 12.1. The van der Waals surface area contributed by atoms with Crippen molar-refractivity contribution < 1.29 is 4.74 Å². The Kier molecular flexibility index (Phi) is 8.27. The predicted octanol–water partition coefficient (Wildman–Crippen LogP) is 5.17. The topological polar surface area (TPSA) is 9.23 Å². The van der Waals surface area contributed by atoms with Crippen LogP contribution in [-0.2, 0) is 10.2 Å². The van der Waals surface area contributed by atoms with Crippen LogP contribution in [0.1, 0.15) is 32.3 Å². The van der Waals surface area contributed by atoms with Crippen LogP contribution in [0.4, 0.5) is 0 Å². The fourth-order valence-corrected chi connectivity index (χ4v) is 4.09. The van der Waals surface area contributed by atoms with Crippen molar-refractivity contribution in [3.63, 3.8) is 0 Å². The molecule has 0 aromatic heterocycles. The molecule has 3 heteroatoms. The van der Waals surface area contributed by atoms with Crippen LogP contribution < -0.4 is 0 Å². The second kappa shape index (κ2) is 9.15. The SMILES string of the molecule is CC(C)CCOCCC(CBr)(CBr)c1ccccc1. The number of rotatable bonds is 9. The summed E-state index contributed by atoms with van der Waals surface area (Å²) in [7, 11) is 0. The molecular weight excluding hydrogens is 368 g/mol. The van der Waals surface area contributed by atoms with E-state index < -0.39 is 0 Å². The van der Waals surface area contributed by atoms with Crippen molar-refractivity contribution in [1.82, 2.24) is 0 Å². The van der Waals surface area contributed by atoms with Gasteiger partial charge in [0.25, 0.3) is 0 Å². The Balaban J connectivity index is 2.53. The third-order valence-electron chi connectivity index (χ3n) is 3.46. The van der Waals surface area contributed by atoms with Crippen LogP contribution >= 0.6 is 31.9 Å². The molecule has 0 fully saturated rings. The van der Waals surface area contributed by atoms with E-state index in [4.69, 9.17) is 4.74 Å². The Labute approximate surface area is 134 Å². The number of benzene rings is 1. The molecule has 0 heterocycles. The molecule has 108 valence electrons.